The summed E-state index contributed by atoms with van der Waals surface area (Å²) < 4.78 is 0. The van der Waals surface area contributed by atoms with Crippen LogP contribution in [0.1, 0.15) is 23.3 Å². The predicted molar refractivity (Wildman–Crippen MR) is 68.1 cm³/mol. The van der Waals surface area contributed by atoms with Gasteiger partial charge in [-0.05, 0) is 25.0 Å². The summed E-state index contributed by atoms with van der Waals surface area (Å²) in [6.07, 6.45) is 3.47. The molecule has 1 aromatic heterocycles. The van der Waals surface area contributed by atoms with Crippen LogP contribution in [0.5, 0.6) is 0 Å². The smallest absolute Gasteiger partial charge is 0.354 e. The lowest BCUT2D eigenvalue weighted by Crippen LogP contribution is -2.45. The van der Waals surface area contributed by atoms with Gasteiger partial charge in [-0.1, -0.05) is 0 Å². The van der Waals surface area contributed by atoms with Crippen LogP contribution in [-0.2, 0) is 4.79 Å². The first-order valence-electron chi connectivity index (χ1n) is 6.40. The first-order chi connectivity index (χ1) is 9.16. The van der Waals surface area contributed by atoms with Gasteiger partial charge in [-0.2, -0.15) is 0 Å². The van der Waals surface area contributed by atoms with Crippen LogP contribution >= 0.6 is 0 Å². The van der Waals surface area contributed by atoms with E-state index in [1.165, 1.54) is 6.07 Å². The van der Waals surface area contributed by atoms with E-state index in [0.29, 0.717) is 6.54 Å². The van der Waals surface area contributed by atoms with Crippen molar-refractivity contribution in [2.24, 2.45) is 5.92 Å². The maximum Gasteiger partial charge on any atom is 0.354 e. The van der Waals surface area contributed by atoms with Crippen LogP contribution in [0.3, 0.4) is 0 Å². The number of fused-ring (bicyclic) bond motifs is 1. The largest absolute Gasteiger partial charge is 0.477 e. The molecule has 2 N–H and O–H groups in total. The molecule has 6 heteroatoms. The Labute approximate surface area is 110 Å². The first-order valence-corrected chi connectivity index (χ1v) is 6.40. The number of rotatable bonds is 2. The SMILES string of the molecule is O=C(O)c1ccc(N2CCCC3C(=O)NCC32)cn1. The third kappa shape index (κ3) is 2.03. The molecule has 2 aliphatic rings. The summed E-state index contributed by atoms with van der Waals surface area (Å²) in [5, 5.41) is 11.7. The number of carbonyl (C=O) groups excluding carboxylic acids is 1. The number of nitrogens with zero attached hydrogens (tertiary/aromatic N) is 2. The molecule has 0 spiro atoms. The molecule has 19 heavy (non-hydrogen) atoms. The molecule has 2 atom stereocenters. The van der Waals surface area contributed by atoms with Gasteiger partial charge in [0.15, 0.2) is 0 Å². The van der Waals surface area contributed by atoms with Crippen molar-refractivity contribution in [3.8, 4) is 0 Å². The number of amides is 1. The molecule has 1 amide bonds. The van der Waals surface area contributed by atoms with Gasteiger partial charge in [0.2, 0.25) is 5.91 Å². The molecule has 2 fully saturated rings. The fraction of sp³-hybridized carbons (Fsp3) is 0.462. The number of aromatic nitrogens is 1. The van der Waals surface area contributed by atoms with E-state index in [9.17, 15) is 9.59 Å². The highest BCUT2D eigenvalue weighted by Gasteiger charge is 2.40. The molecule has 3 heterocycles. The van der Waals surface area contributed by atoms with Crippen LogP contribution in [0.15, 0.2) is 18.3 Å². The molecule has 0 radical (unpaired) electrons. The van der Waals surface area contributed by atoms with Gasteiger partial charge in [-0.15, -0.1) is 0 Å². The Morgan fingerprint density at radius 1 is 1.47 bits per heavy atom. The van der Waals surface area contributed by atoms with Gasteiger partial charge in [-0.25, -0.2) is 9.78 Å². The van der Waals surface area contributed by atoms with Gasteiger partial charge >= 0.3 is 5.97 Å². The van der Waals surface area contributed by atoms with Crippen molar-refractivity contribution >= 4 is 17.6 Å². The molecule has 0 bridgehead atoms. The average Bonchev–Trinajstić information content (AvgIpc) is 2.81. The van der Waals surface area contributed by atoms with Gasteiger partial charge < -0.3 is 15.3 Å². The van der Waals surface area contributed by atoms with Crippen molar-refractivity contribution in [3.05, 3.63) is 24.0 Å². The van der Waals surface area contributed by atoms with E-state index in [1.54, 1.807) is 12.3 Å². The molecule has 2 saturated heterocycles. The lowest BCUT2D eigenvalue weighted by Gasteiger charge is -2.37. The molecule has 100 valence electrons. The monoisotopic (exact) mass is 261 g/mol. The quantitative estimate of drug-likeness (QED) is 0.809. The molecular weight excluding hydrogens is 246 g/mol. The predicted octanol–water partition coefficient (Wildman–Crippen LogP) is 0.495. The zero-order chi connectivity index (χ0) is 13.4. The number of piperidine rings is 1. The van der Waals surface area contributed by atoms with Crippen LogP contribution in [-0.4, -0.2) is 41.1 Å². The highest BCUT2D eigenvalue weighted by atomic mass is 16.4. The van der Waals surface area contributed by atoms with E-state index >= 15 is 0 Å². The summed E-state index contributed by atoms with van der Waals surface area (Å²) in [6, 6.07) is 3.44. The van der Waals surface area contributed by atoms with E-state index in [2.05, 4.69) is 15.2 Å². The molecule has 2 unspecified atom stereocenters. The van der Waals surface area contributed by atoms with Crippen LogP contribution < -0.4 is 10.2 Å². The topological polar surface area (TPSA) is 82.5 Å². The molecule has 0 saturated carbocycles. The normalized spacial score (nSPS) is 25.9. The number of pyridine rings is 1. The third-order valence-corrected chi connectivity index (χ3v) is 3.90. The van der Waals surface area contributed by atoms with Crippen LogP contribution in [0.4, 0.5) is 5.69 Å². The van der Waals surface area contributed by atoms with Crippen molar-refractivity contribution in [1.29, 1.82) is 0 Å². The number of carboxylic acids is 1. The maximum atomic E-state index is 11.7. The third-order valence-electron chi connectivity index (χ3n) is 3.90. The minimum atomic E-state index is -1.03. The summed E-state index contributed by atoms with van der Waals surface area (Å²) in [4.78, 5) is 28.6. The highest BCUT2D eigenvalue weighted by molar-refractivity contribution is 5.86. The Hall–Kier alpha value is -2.11. The average molecular weight is 261 g/mol. The lowest BCUT2D eigenvalue weighted by atomic mass is 9.91. The van der Waals surface area contributed by atoms with Crippen LogP contribution in [0.2, 0.25) is 0 Å². The van der Waals surface area contributed by atoms with Crippen molar-refractivity contribution in [2.45, 2.75) is 18.9 Å². The number of nitrogens with one attached hydrogen (secondary N) is 1. The zero-order valence-electron chi connectivity index (χ0n) is 10.4. The number of hydrogen-bond acceptors (Lipinski definition) is 4. The van der Waals surface area contributed by atoms with Crippen molar-refractivity contribution in [1.82, 2.24) is 10.3 Å². The fourth-order valence-corrected chi connectivity index (χ4v) is 2.95. The Morgan fingerprint density at radius 2 is 2.32 bits per heavy atom. The lowest BCUT2D eigenvalue weighted by molar-refractivity contribution is -0.123. The highest BCUT2D eigenvalue weighted by Crippen LogP contribution is 2.31. The summed E-state index contributed by atoms with van der Waals surface area (Å²) in [6.45, 7) is 1.54. The van der Waals surface area contributed by atoms with Crippen LogP contribution in [0.25, 0.3) is 0 Å². The Kier molecular flexibility index (Phi) is 2.85. The van der Waals surface area contributed by atoms with Gasteiger partial charge in [-0.3, -0.25) is 4.79 Å². The second kappa shape index (κ2) is 4.53. The van der Waals surface area contributed by atoms with Crippen molar-refractivity contribution in [3.63, 3.8) is 0 Å². The van der Waals surface area contributed by atoms with Crippen LogP contribution in [0, 0.1) is 5.92 Å². The maximum absolute atomic E-state index is 11.7. The summed E-state index contributed by atoms with van der Waals surface area (Å²) in [5.74, 6) is -0.849. The zero-order valence-corrected chi connectivity index (χ0v) is 10.4. The molecule has 2 aliphatic heterocycles. The molecular formula is C13H15N3O3. The Balaban J connectivity index is 1.85. The van der Waals surface area contributed by atoms with E-state index in [1.807, 2.05) is 0 Å². The number of hydrogen-bond donors (Lipinski definition) is 2. The summed E-state index contributed by atoms with van der Waals surface area (Å²) in [7, 11) is 0. The number of aromatic carboxylic acids is 1. The first kappa shape index (κ1) is 12.0. The minimum Gasteiger partial charge on any atom is -0.477 e. The van der Waals surface area contributed by atoms with E-state index in [-0.39, 0.29) is 23.6 Å². The van der Waals surface area contributed by atoms with Gasteiger partial charge in [0.1, 0.15) is 5.69 Å². The number of anilines is 1. The van der Waals surface area contributed by atoms with Gasteiger partial charge in [0, 0.05) is 13.1 Å². The van der Waals surface area contributed by atoms with E-state index < -0.39 is 5.97 Å². The van der Waals surface area contributed by atoms with E-state index in [4.69, 9.17) is 5.11 Å². The standard InChI is InChI=1S/C13H15N3O3/c17-12-9-2-1-5-16(11(9)7-15-12)8-3-4-10(13(18)19)14-6-8/h3-4,6,9,11H,1-2,5,7H2,(H,15,17)(H,18,19). The van der Waals surface area contributed by atoms with E-state index in [0.717, 1.165) is 25.1 Å². The van der Waals surface area contributed by atoms with Gasteiger partial charge in [0.25, 0.3) is 0 Å². The van der Waals surface area contributed by atoms with Crippen molar-refractivity contribution < 1.29 is 14.7 Å². The molecule has 0 aromatic carbocycles. The molecule has 0 aliphatic carbocycles. The molecule has 1 aromatic rings. The second-order valence-electron chi connectivity index (χ2n) is 4.96. The minimum absolute atomic E-state index is 0.0398. The summed E-state index contributed by atoms with van der Waals surface area (Å²) >= 11 is 0. The second-order valence-corrected chi connectivity index (χ2v) is 4.96. The fourth-order valence-electron chi connectivity index (χ4n) is 2.95. The van der Waals surface area contributed by atoms with Crippen molar-refractivity contribution in [2.75, 3.05) is 18.0 Å². The molecule has 6 nitrogen and oxygen atoms in total. The number of carboxylic acid groups (broad SMARTS) is 1. The number of carbonyl (C=O) groups is 2. The molecule has 3 rings (SSSR count). The Bertz CT molecular complexity index is 514. The van der Waals surface area contributed by atoms with Gasteiger partial charge in [0.05, 0.1) is 23.8 Å². The Morgan fingerprint density at radius 3 is 3.00 bits per heavy atom. The summed E-state index contributed by atoms with van der Waals surface area (Å²) in [5.41, 5.74) is 0.925.